The van der Waals surface area contributed by atoms with Crippen molar-refractivity contribution >= 4 is 5.97 Å². The molecule has 4 nitrogen and oxygen atoms in total. The van der Waals surface area contributed by atoms with Gasteiger partial charge in [-0.3, -0.25) is 4.90 Å². The predicted molar refractivity (Wildman–Crippen MR) is 51.1 cm³/mol. The first-order valence-corrected chi connectivity index (χ1v) is 4.80. The van der Waals surface area contributed by atoms with E-state index in [2.05, 4.69) is 6.58 Å². The van der Waals surface area contributed by atoms with E-state index in [0.29, 0.717) is 13.0 Å². The SMILES string of the molecule is C=C1CCN2C[C@H](OC)CC12C(=O)O. The Bertz CT molecular complexity index is 289. The van der Waals surface area contributed by atoms with Gasteiger partial charge in [0.25, 0.3) is 0 Å². The maximum Gasteiger partial charge on any atom is 0.328 e. The molecule has 4 heteroatoms. The molecule has 0 radical (unpaired) electrons. The van der Waals surface area contributed by atoms with Gasteiger partial charge in [-0.1, -0.05) is 6.58 Å². The number of nitrogens with zero attached hydrogens (tertiary/aromatic N) is 1. The summed E-state index contributed by atoms with van der Waals surface area (Å²) in [6.07, 6.45) is 1.36. The molecule has 0 aromatic carbocycles. The van der Waals surface area contributed by atoms with Crippen molar-refractivity contribution in [1.82, 2.24) is 4.90 Å². The van der Waals surface area contributed by atoms with E-state index in [1.54, 1.807) is 7.11 Å². The summed E-state index contributed by atoms with van der Waals surface area (Å²) in [6.45, 7) is 5.39. The fraction of sp³-hybridized carbons (Fsp3) is 0.700. The van der Waals surface area contributed by atoms with E-state index < -0.39 is 11.5 Å². The zero-order valence-electron chi connectivity index (χ0n) is 8.32. The second kappa shape index (κ2) is 3.07. The molecule has 0 bridgehead atoms. The van der Waals surface area contributed by atoms with Crippen molar-refractivity contribution < 1.29 is 14.6 Å². The Morgan fingerprint density at radius 3 is 3.00 bits per heavy atom. The van der Waals surface area contributed by atoms with Crippen LogP contribution in [0.1, 0.15) is 12.8 Å². The summed E-state index contributed by atoms with van der Waals surface area (Å²) in [5.74, 6) is -0.778. The van der Waals surface area contributed by atoms with Crippen molar-refractivity contribution in [3.8, 4) is 0 Å². The lowest BCUT2D eigenvalue weighted by atomic mass is 9.89. The smallest absolute Gasteiger partial charge is 0.328 e. The zero-order chi connectivity index (χ0) is 10.3. The molecule has 0 aliphatic carbocycles. The van der Waals surface area contributed by atoms with Crippen LogP contribution in [0.4, 0.5) is 0 Å². The van der Waals surface area contributed by atoms with Gasteiger partial charge in [0, 0.05) is 26.6 Å². The highest BCUT2D eigenvalue weighted by molar-refractivity contribution is 5.84. The van der Waals surface area contributed by atoms with Crippen molar-refractivity contribution in [3.05, 3.63) is 12.2 Å². The first kappa shape index (κ1) is 9.68. The van der Waals surface area contributed by atoms with Crippen molar-refractivity contribution in [1.29, 1.82) is 0 Å². The Kier molecular flexibility index (Phi) is 2.12. The van der Waals surface area contributed by atoms with E-state index in [9.17, 15) is 9.90 Å². The summed E-state index contributed by atoms with van der Waals surface area (Å²) >= 11 is 0. The van der Waals surface area contributed by atoms with Crippen molar-refractivity contribution in [3.63, 3.8) is 0 Å². The van der Waals surface area contributed by atoms with E-state index in [1.807, 2.05) is 4.90 Å². The highest BCUT2D eigenvalue weighted by atomic mass is 16.5. The number of hydrogen-bond donors (Lipinski definition) is 1. The summed E-state index contributed by atoms with van der Waals surface area (Å²) in [5, 5.41) is 9.30. The van der Waals surface area contributed by atoms with Crippen LogP contribution in [0.25, 0.3) is 0 Å². The predicted octanol–water partition coefficient (Wildman–Crippen LogP) is 0.490. The van der Waals surface area contributed by atoms with Gasteiger partial charge in [-0.15, -0.1) is 0 Å². The molecule has 0 aromatic rings. The third-order valence-corrected chi connectivity index (χ3v) is 3.44. The van der Waals surface area contributed by atoms with E-state index in [0.717, 1.165) is 18.5 Å². The number of fused-ring (bicyclic) bond motifs is 1. The lowest BCUT2D eigenvalue weighted by Gasteiger charge is -2.27. The summed E-state index contributed by atoms with van der Waals surface area (Å²) in [6, 6.07) is 0. The maximum absolute atomic E-state index is 11.3. The monoisotopic (exact) mass is 197 g/mol. The lowest BCUT2D eigenvalue weighted by Crippen LogP contribution is -2.46. The highest BCUT2D eigenvalue weighted by Gasteiger charge is 2.56. The van der Waals surface area contributed by atoms with Gasteiger partial charge >= 0.3 is 5.97 Å². The van der Waals surface area contributed by atoms with Crippen LogP contribution in [-0.4, -0.2) is 47.8 Å². The van der Waals surface area contributed by atoms with Crippen LogP contribution in [0.15, 0.2) is 12.2 Å². The molecule has 0 spiro atoms. The lowest BCUT2D eigenvalue weighted by molar-refractivity contribution is -0.146. The Morgan fingerprint density at radius 2 is 2.50 bits per heavy atom. The van der Waals surface area contributed by atoms with Crippen molar-refractivity contribution in [2.75, 3.05) is 20.2 Å². The van der Waals surface area contributed by atoms with Crippen molar-refractivity contribution in [2.24, 2.45) is 0 Å². The molecule has 0 amide bonds. The third-order valence-electron chi connectivity index (χ3n) is 3.44. The number of carbonyl (C=O) groups is 1. The van der Waals surface area contributed by atoms with Crippen LogP contribution >= 0.6 is 0 Å². The summed E-state index contributed by atoms with van der Waals surface area (Å²) in [4.78, 5) is 13.3. The fourth-order valence-electron chi connectivity index (χ4n) is 2.58. The van der Waals surface area contributed by atoms with E-state index in [4.69, 9.17) is 4.74 Å². The van der Waals surface area contributed by atoms with Gasteiger partial charge in [0.05, 0.1) is 6.10 Å². The van der Waals surface area contributed by atoms with Crippen LogP contribution in [0.2, 0.25) is 0 Å². The molecule has 2 saturated heterocycles. The fourth-order valence-corrected chi connectivity index (χ4v) is 2.58. The van der Waals surface area contributed by atoms with Gasteiger partial charge in [0.15, 0.2) is 0 Å². The largest absolute Gasteiger partial charge is 0.480 e. The minimum Gasteiger partial charge on any atom is -0.480 e. The van der Waals surface area contributed by atoms with Crippen LogP contribution in [0.5, 0.6) is 0 Å². The molecule has 2 atom stereocenters. The highest BCUT2D eigenvalue weighted by Crippen LogP contribution is 2.42. The maximum atomic E-state index is 11.3. The molecule has 1 N–H and O–H groups in total. The quantitative estimate of drug-likeness (QED) is 0.654. The minimum atomic E-state index is -0.833. The summed E-state index contributed by atoms with van der Waals surface area (Å²) < 4.78 is 5.22. The van der Waals surface area contributed by atoms with E-state index >= 15 is 0 Å². The Balaban J connectivity index is 2.32. The van der Waals surface area contributed by atoms with Gasteiger partial charge in [-0.05, 0) is 12.0 Å². The van der Waals surface area contributed by atoms with Gasteiger partial charge in [-0.25, -0.2) is 4.79 Å². The van der Waals surface area contributed by atoms with Crippen LogP contribution in [0, 0.1) is 0 Å². The molecule has 2 aliphatic rings. The second-order valence-electron chi connectivity index (χ2n) is 4.03. The number of ether oxygens (including phenoxy) is 1. The van der Waals surface area contributed by atoms with E-state index in [-0.39, 0.29) is 6.10 Å². The number of aliphatic carboxylic acids is 1. The van der Waals surface area contributed by atoms with Gasteiger partial charge in [-0.2, -0.15) is 0 Å². The topological polar surface area (TPSA) is 49.8 Å². The molecule has 78 valence electrons. The van der Waals surface area contributed by atoms with Crippen molar-refractivity contribution in [2.45, 2.75) is 24.5 Å². The zero-order valence-corrected chi connectivity index (χ0v) is 8.32. The molecule has 0 saturated carbocycles. The number of carboxylic acids is 1. The molecule has 2 aliphatic heterocycles. The molecule has 2 fully saturated rings. The Hall–Kier alpha value is -0.870. The normalized spacial score (nSPS) is 37.5. The number of rotatable bonds is 2. The Labute approximate surface area is 83.2 Å². The van der Waals surface area contributed by atoms with Gasteiger partial charge in [0.2, 0.25) is 0 Å². The third kappa shape index (κ3) is 1.04. The minimum absolute atomic E-state index is 0.0307. The number of carboxylic acid groups (broad SMARTS) is 1. The molecule has 0 aromatic heterocycles. The first-order chi connectivity index (χ1) is 6.61. The molecule has 1 unspecified atom stereocenters. The average molecular weight is 197 g/mol. The molecule has 2 heterocycles. The second-order valence-corrected chi connectivity index (χ2v) is 4.03. The average Bonchev–Trinajstić information content (AvgIpc) is 2.65. The van der Waals surface area contributed by atoms with Crippen LogP contribution < -0.4 is 0 Å². The van der Waals surface area contributed by atoms with E-state index in [1.165, 1.54) is 0 Å². The van der Waals surface area contributed by atoms with Gasteiger partial charge < -0.3 is 9.84 Å². The number of hydrogen-bond acceptors (Lipinski definition) is 3. The van der Waals surface area contributed by atoms with Gasteiger partial charge in [0.1, 0.15) is 5.54 Å². The molecular weight excluding hydrogens is 182 g/mol. The standard InChI is InChI=1S/C10H15NO3/c1-7-3-4-11-6-8(14-2)5-10(7,11)9(12)13/h8H,1,3-6H2,2H3,(H,12,13)/t8-,10?/m1/s1. The molecular formula is C10H15NO3. The first-order valence-electron chi connectivity index (χ1n) is 4.80. The molecule has 2 rings (SSSR count). The Morgan fingerprint density at radius 1 is 1.79 bits per heavy atom. The summed E-state index contributed by atoms with van der Waals surface area (Å²) in [5.41, 5.74) is -0.00900. The van der Waals surface area contributed by atoms with Crippen LogP contribution in [0.3, 0.4) is 0 Å². The summed E-state index contributed by atoms with van der Waals surface area (Å²) in [7, 11) is 1.63. The van der Waals surface area contributed by atoms with Crippen LogP contribution in [-0.2, 0) is 9.53 Å². The number of methoxy groups -OCH3 is 1. The molecule has 14 heavy (non-hydrogen) atoms.